The minimum Gasteiger partial charge on any atom is -0.381 e. The van der Waals surface area contributed by atoms with Gasteiger partial charge in [0.1, 0.15) is 0 Å². The molecule has 110 valence electrons. The topological polar surface area (TPSA) is 54.0 Å². The Morgan fingerprint density at radius 2 is 1.90 bits per heavy atom. The first-order valence-electron chi connectivity index (χ1n) is 7.18. The highest BCUT2D eigenvalue weighted by Crippen LogP contribution is 2.14. The Morgan fingerprint density at radius 1 is 1.19 bits per heavy atom. The SMILES string of the molecule is CCC(C)Nc1cncc(C(=O)Nc2ccc(C)cc2)c1. The Hall–Kier alpha value is -2.36. The van der Waals surface area contributed by atoms with Crippen LogP contribution in [-0.4, -0.2) is 16.9 Å². The van der Waals surface area contributed by atoms with Gasteiger partial charge in [-0.05, 0) is 38.5 Å². The summed E-state index contributed by atoms with van der Waals surface area (Å²) in [5.74, 6) is -0.154. The quantitative estimate of drug-likeness (QED) is 0.876. The van der Waals surface area contributed by atoms with Gasteiger partial charge in [0.05, 0.1) is 11.3 Å². The van der Waals surface area contributed by atoms with E-state index in [0.29, 0.717) is 11.6 Å². The summed E-state index contributed by atoms with van der Waals surface area (Å²) in [5.41, 5.74) is 3.35. The predicted octanol–water partition coefficient (Wildman–Crippen LogP) is 3.85. The van der Waals surface area contributed by atoms with E-state index in [-0.39, 0.29) is 5.91 Å². The molecule has 1 heterocycles. The van der Waals surface area contributed by atoms with Crippen molar-refractivity contribution >= 4 is 17.3 Å². The van der Waals surface area contributed by atoms with Gasteiger partial charge in [-0.2, -0.15) is 0 Å². The van der Waals surface area contributed by atoms with Crippen molar-refractivity contribution in [3.63, 3.8) is 0 Å². The van der Waals surface area contributed by atoms with Crippen LogP contribution in [0.4, 0.5) is 11.4 Å². The summed E-state index contributed by atoms with van der Waals surface area (Å²) in [6.45, 7) is 6.22. The second-order valence-electron chi connectivity index (χ2n) is 5.24. The standard InChI is InChI=1S/C17H21N3O/c1-4-13(3)19-16-9-14(10-18-11-16)17(21)20-15-7-5-12(2)6-8-15/h5-11,13,19H,4H2,1-3H3,(H,20,21). The molecule has 0 bridgehead atoms. The highest BCUT2D eigenvalue weighted by Gasteiger charge is 2.08. The van der Waals surface area contributed by atoms with E-state index < -0.39 is 0 Å². The van der Waals surface area contributed by atoms with Crippen molar-refractivity contribution in [3.8, 4) is 0 Å². The van der Waals surface area contributed by atoms with Gasteiger partial charge >= 0.3 is 0 Å². The Kier molecular flexibility index (Phi) is 4.93. The molecule has 21 heavy (non-hydrogen) atoms. The van der Waals surface area contributed by atoms with Crippen molar-refractivity contribution in [2.45, 2.75) is 33.2 Å². The Labute approximate surface area is 125 Å². The first kappa shape index (κ1) is 15.0. The summed E-state index contributed by atoms with van der Waals surface area (Å²) in [5, 5.41) is 6.19. The average Bonchev–Trinajstić information content (AvgIpc) is 2.49. The number of hydrogen-bond donors (Lipinski definition) is 2. The van der Waals surface area contributed by atoms with Gasteiger partial charge in [-0.1, -0.05) is 24.6 Å². The van der Waals surface area contributed by atoms with Crippen LogP contribution in [0.5, 0.6) is 0 Å². The zero-order chi connectivity index (χ0) is 15.2. The molecule has 1 unspecified atom stereocenters. The number of pyridine rings is 1. The normalized spacial score (nSPS) is 11.8. The number of carbonyl (C=O) groups excluding carboxylic acids is 1. The van der Waals surface area contributed by atoms with Crippen molar-refractivity contribution in [3.05, 3.63) is 53.9 Å². The minimum atomic E-state index is -0.154. The van der Waals surface area contributed by atoms with Crippen molar-refractivity contribution in [1.82, 2.24) is 4.98 Å². The largest absolute Gasteiger partial charge is 0.381 e. The van der Waals surface area contributed by atoms with E-state index >= 15 is 0 Å². The number of rotatable bonds is 5. The molecule has 0 spiro atoms. The first-order valence-corrected chi connectivity index (χ1v) is 7.18. The van der Waals surface area contributed by atoms with Crippen molar-refractivity contribution in [2.75, 3.05) is 10.6 Å². The average molecular weight is 283 g/mol. The third-order valence-corrected chi connectivity index (χ3v) is 3.34. The molecule has 1 atom stereocenters. The van der Waals surface area contributed by atoms with Crippen molar-refractivity contribution in [1.29, 1.82) is 0 Å². The molecule has 1 aromatic heterocycles. The van der Waals surface area contributed by atoms with E-state index in [9.17, 15) is 4.79 Å². The van der Waals surface area contributed by atoms with E-state index in [2.05, 4.69) is 29.5 Å². The van der Waals surface area contributed by atoms with Gasteiger partial charge in [0, 0.05) is 24.1 Å². The van der Waals surface area contributed by atoms with Crippen LogP contribution >= 0.6 is 0 Å². The zero-order valence-corrected chi connectivity index (χ0v) is 12.7. The van der Waals surface area contributed by atoms with Crippen molar-refractivity contribution < 1.29 is 4.79 Å². The molecule has 0 aliphatic carbocycles. The number of aromatic nitrogens is 1. The fourth-order valence-electron chi connectivity index (χ4n) is 1.87. The number of nitrogens with one attached hydrogen (secondary N) is 2. The van der Waals surface area contributed by atoms with Crippen LogP contribution in [0.25, 0.3) is 0 Å². The molecule has 2 aromatic rings. The maximum Gasteiger partial charge on any atom is 0.257 e. The fourth-order valence-corrected chi connectivity index (χ4v) is 1.87. The summed E-state index contributed by atoms with van der Waals surface area (Å²) in [7, 11) is 0. The number of aryl methyl sites for hydroxylation is 1. The second-order valence-corrected chi connectivity index (χ2v) is 5.24. The summed E-state index contributed by atoms with van der Waals surface area (Å²) >= 11 is 0. The van der Waals surface area contributed by atoms with E-state index in [0.717, 1.165) is 23.4 Å². The predicted molar refractivity (Wildman–Crippen MR) is 86.7 cm³/mol. The number of benzene rings is 1. The molecule has 0 saturated heterocycles. The van der Waals surface area contributed by atoms with Crippen LogP contribution in [-0.2, 0) is 0 Å². The van der Waals surface area contributed by atoms with Gasteiger partial charge in [-0.15, -0.1) is 0 Å². The molecule has 0 saturated carbocycles. The van der Waals surface area contributed by atoms with Gasteiger partial charge in [-0.3, -0.25) is 9.78 Å². The molecule has 0 fully saturated rings. The van der Waals surface area contributed by atoms with Gasteiger partial charge in [0.2, 0.25) is 0 Å². The maximum absolute atomic E-state index is 12.2. The molecule has 0 aliphatic rings. The lowest BCUT2D eigenvalue weighted by Gasteiger charge is -2.13. The Morgan fingerprint density at radius 3 is 2.57 bits per heavy atom. The summed E-state index contributed by atoms with van der Waals surface area (Å²) in [4.78, 5) is 16.4. The molecular formula is C17H21N3O. The van der Waals surface area contributed by atoms with Crippen molar-refractivity contribution in [2.24, 2.45) is 0 Å². The van der Waals surface area contributed by atoms with E-state index in [1.165, 1.54) is 0 Å². The Balaban J connectivity index is 2.08. The third kappa shape index (κ3) is 4.31. The number of amides is 1. The second kappa shape index (κ2) is 6.88. The van der Waals surface area contributed by atoms with Crippen LogP contribution in [0.1, 0.15) is 36.2 Å². The van der Waals surface area contributed by atoms with Gasteiger partial charge in [0.25, 0.3) is 5.91 Å². The molecule has 1 aromatic carbocycles. The van der Waals surface area contributed by atoms with Crippen LogP contribution in [0.3, 0.4) is 0 Å². The molecule has 0 aliphatic heterocycles. The number of hydrogen-bond acceptors (Lipinski definition) is 3. The fraction of sp³-hybridized carbons (Fsp3) is 0.294. The lowest BCUT2D eigenvalue weighted by Crippen LogP contribution is -2.16. The third-order valence-electron chi connectivity index (χ3n) is 3.34. The smallest absolute Gasteiger partial charge is 0.257 e. The number of anilines is 2. The number of nitrogens with zero attached hydrogens (tertiary/aromatic N) is 1. The molecule has 2 N–H and O–H groups in total. The van der Waals surface area contributed by atoms with E-state index in [1.807, 2.05) is 37.3 Å². The molecule has 0 radical (unpaired) electrons. The summed E-state index contributed by atoms with van der Waals surface area (Å²) in [6.07, 6.45) is 4.32. The monoisotopic (exact) mass is 283 g/mol. The van der Waals surface area contributed by atoms with Gasteiger partial charge in [-0.25, -0.2) is 0 Å². The molecule has 2 rings (SSSR count). The highest BCUT2D eigenvalue weighted by atomic mass is 16.1. The molecule has 1 amide bonds. The first-order chi connectivity index (χ1) is 10.1. The van der Waals surface area contributed by atoms with Gasteiger partial charge in [0.15, 0.2) is 0 Å². The summed E-state index contributed by atoms with van der Waals surface area (Å²) in [6, 6.07) is 9.89. The minimum absolute atomic E-state index is 0.154. The van der Waals surface area contributed by atoms with Crippen LogP contribution in [0.15, 0.2) is 42.7 Å². The van der Waals surface area contributed by atoms with E-state index in [4.69, 9.17) is 0 Å². The van der Waals surface area contributed by atoms with Crippen LogP contribution in [0.2, 0.25) is 0 Å². The molecule has 4 heteroatoms. The summed E-state index contributed by atoms with van der Waals surface area (Å²) < 4.78 is 0. The molecule has 4 nitrogen and oxygen atoms in total. The van der Waals surface area contributed by atoms with Crippen LogP contribution in [0, 0.1) is 6.92 Å². The van der Waals surface area contributed by atoms with Crippen LogP contribution < -0.4 is 10.6 Å². The van der Waals surface area contributed by atoms with E-state index in [1.54, 1.807) is 12.4 Å². The lowest BCUT2D eigenvalue weighted by molar-refractivity contribution is 0.102. The zero-order valence-electron chi connectivity index (χ0n) is 12.7. The lowest BCUT2D eigenvalue weighted by atomic mass is 10.2. The molecular weight excluding hydrogens is 262 g/mol. The number of carbonyl (C=O) groups is 1. The Bertz CT molecular complexity index is 608. The highest BCUT2D eigenvalue weighted by molar-refractivity contribution is 6.04. The van der Waals surface area contributed by atoms with Gasteiger partial charge < -0.3 is 10.6 Å². The maximum atomic E-state index is 12.2.